The third kappa shape index (κ3) is 10.8. The summed E-state index contributed by atoms with van der Waals surface area (Å²) in [6.07, 6.45) is 13.3. The molecule has 2 unspecified atom stereocenters. The van der Waals surface area contributed by atoms with Gasteiger partial charge in [-0.05, 0) is 12.8 Å². The van der Waals surface area contributed by atoms with Gasteiger partial charge >= 0.3 is 5.97 Å². The van der Waals surface area contributed by atoms with E-state index >= 15 is 0 Å². The van der Waals surface area contributed by atoms with E-state index in [-0.39, 0.29) is 12.8 Å². The highest BCUT2D eigenvalue weighted by Crippen LogP contribution is 2.39. The van der Waals surface area contributed by atoms with Crippen molar-refractivity contribution < 1.29 is 27.7 Å². The number of carbonyl (C=O) groups excluding carboxylic acids is 1. The molecule has 0 spiro atoms. The van der Waals surface area contributed by atoms with E-state index in [9.17, 15) is 27.7 Å². The molecule has 0 bridgehead atoms. The highest BCUT2D eigenvalue weighted by atomic mass is 32.2. The molecular formula is C22H43NO6S. The average molecular weight is 450 g/mol. The van der Waals surface area contributed by atoms with Crippen LogP contribution in [0, 0.1) is 5.41 Å². The lowest BCUT2D eigenvalue weighted by Crippen LogP contribution is -2.53. The number of carbonyl (C=O) groups is 2. The molecule has 178 valence electrons. The maximum atomic E-state index is 12.2. The van der Waals surface area contributed by atoms with Crippen LogP contribution in [-0.4, -0.2) is 35.2 Å². The number of hydrogen-bond donors (Lipinski definition) is 3. The van der Waals surface area contributed by atoms with E-state index in [1.807, 2.05) is 0 Å². The molecule has 0 aromatic rings. The first-order valence-corrected chi connectivity index (χ1v) is 13.1. The topological polar surface area (TPSA) is 135 Å². The van der Waals surface area contributed by atoms with Crippen LogP contribution < -0.4 is 5.73 Å². The van der Waals surface area contributed by atoms with Crippen molar-refractivity contribution >= 4 is 22.0 Å². The second kappa shape index (κ2) is 15.6. The van der Waals surface area contributed by atoms with Gasteiger partial charge in [0.15, 0.2) is 5.25 Å². The van der Waals surface area contributed by atoms with Gasteiger partial charge in [-0.3, -0.25) is 14.1 Å². The summed E-state index contributed by atoms with van der Waals surface area (Å²) in [7, 11) is -4.93. The summed E-state index contributed by atoms with van der Waals surface area (Å²) in [6.45, 7) is 4.25. The molecule has 0 fully saturated rings. The number of carboxylic acids is 1. The molecule has 0 saturated heterocycles. The first-order valence-electron chi connectivity index (χ1n) is 11.6. The highest BCUT2D eigenvalue weighted by Gasteiger charge is 2.54. The Kier molecular flexibility index (Phi) is 15.0. The minimum absolute atomic E-state index is 0.0123. The van der Waals surface area contributed by atoms with Gasteiger partial charge in [-0.25, -0.2) is 0 Å². The first kappa shape index (κ1) is 28.9. The van der Waals surface area contributed by atoms with Gasteiger partial charge in [0, 0.05) is 0 Å². The summed E-state index contributed by atoms with van der Waals surface area (Å²) in [6, 6.07) is 0. The molecular weight excluding hydrogens is 406 g/mol. The number of aliphatic carboxylic acids is 1. The molecule has 0 aliphatic rings. The van der Waals surface area contributed by atoms with E-state index in [1.165, 1.54) is 19.3 Å². The molecule has 0 radical (unpaired) electrons. The quantitative estimate of drug-likeness (QED) is 0.175. The van der Waals surface area contributed by atoms with Gasteiger partial charge in [0.2, 0.25) is 5.91 Å². The van der Waals surface area contributed by atoms with E-state index in [0.29, 0.717) is 12.8 Å². The Balaban J connectivity index is 5.15. The van der Waals surface area contributed by atoms with Crippen LogP contribution in [0.2, 0.25) is 0 Å². The van der Waals surface area contributed by atoms with Crippen LogP contribution in [0.1, 0.15) is 117 Å². The summed E-state index contributed by atoms with van der Waals surface area (Å²) in [5.41, 5.74) is 3.39. The number of hydrogen-bond acceptors (Lipinski definition) is 4. The molecule has 0 aromatic heterocycles. The number of rotatable bonds is 20. The Bertz CT molecular complexity index is 592. The summed E-state index contributed by atoms with van der Waals surface area (Å²) in [4.78, 5) is 24.2. The van der Waals surface area contributed by atoms with Crippen molar-refractivity contribution in [2.75, 3.05) is 0 Å². The zero-order valence-corrected chi connectivity index (χ0v) is 19.7. The van der Waals surface area contributed by atoms with Gasteiger partial charge < -0.3 is 10.8 Å². The van der Waals surface area contributed by atoms with Gasteiger partial charge in [0.25, 0.3) is 10.1 Å². The monoisotopic (exact) mass is 449 g/mol. The third-order valence-corrected chi connectivity index (χ3v) is 7.22. The van der Waals surface area contributed by atoms with E-state index < -0.39 is 32.7 Å². The molecule has 0 heterocycles. The van der Waals surface area contributed by atoms with E-state index in [2.05, 4.69) is 13.8 Å². The van der Waals surface area contributed by atoms with E-state index in [0.717, 1.165) is 57.8 Å². The van der Waals surface area contributed by atoms with Crippen molar-refractivity contribution in [1.29, 1.82) is 0 Å². The molecule has 0 rings (SSSR count). The predicted octanol–water partition coefficient (Wildman–Crippen LogP) is 5.08. The second-order valence-electron chi connectivity index (χ2n) is 8.50. The Morgan fingerprint density at radius 1 is 0.767 bits per heavy atom. The molecule has 4 N–H and O–H groups in total. The lowest BCUT2D eigenvalue weighted by atomic mass is 9.74. The van der Waals surface area contributed by atoms with Crippen molar-refractivity contribution in [3.63, 3.8) is 0 Å². The maximum absolute atomic E-state index is 12.2. The van der Waals surface area contributed by atoms with Crippen molar-refractivity contribution in [3.8, 4) is 0 Å². The summed E-state index contributed by atoms with van der Waals surface area (Å²) in [5, 5.41) is 7.84. The maximum Gasteiger partial charge on any atom is 0.311 e. The minimum atomic E-state index is -4.93. The van der Waals surface area contributed by atoms with Gasteiger partial charge in [-0.2, -0.15) is 8.42 Å². The fourth-order valence-electron chi connectivity index (χ4n) is 4.21. The van der Waals surface area contributed by atoms with Crippen molar-refractivity contribution in [3.05, 3.63) is 0 Å². The van der Waals surface area contributed by atoms with Crippen LogP contribution in [0.3, 0.4) is 0 Å². The Morgan fingerprint density at radius 3 is 1.37 bits per heavy atom. The van der Waals surface area contributed by atoms with Crippen LogP contribution in [-0.2, 0) is 19.7 Å². The predicted molar refractivity (Wildman–Crippen MR) is 120 cm³/mol. The SMILES string of the molecule is CCCCCCCCCCC(CCCCCCCC)(C(=O)O)C(C(N)=O)S(=O)(=O)O. The highest BCUT2D eigenvalue weighted by molar-refractivity contribution is 7.87. The average Bonchev–Trinajstić information content (AvgIpc) is 2.64. The summed E-state index contributed by atoms with van der Waals surface area (Å²) < 4.78 is 33.5. The molecule has 30 heavy (non-hydrogen) atoms. The van der Waals surface area contributed by atoms with Gasteiger partial charge in [-0.15, -0.1) is 0 Å². The smallest absolute Gasteiger partial charge is 0.311 e. The van der Waals surface area contributed by atoms with Gasteiger partial charge in [0.05, 0.1) is 5.41 Å². The second-order valence-corrected chi connectivity index (χ2v) is 10.0. The zero-order chi connectivity index (χ0) is 23.0. The number of nitrogens with two attached hydrogens (primary N) is 1. The Morgan fingerprint density at radius 2 is 1.10 bits per heavy atom. The number of carboxylic acid groups (broad SMARTS) is 1. The van der Waals surface area contributed by atoms with Gasteiger partial charge in [-0.1, -0.05) is 104 Å². The molecule has 7 nitrogen and oxygen atoms in total. The van der Waals surface area contributed by atoms with Crippen LogP contribution in [0.4, 0.5) is 0 Å². The Labute approximate surface area is 182 Å². The largest absolute Gasteiger partial charge is 0.481 e. The molecule has 0 aliphatic heterocycles. The first-order chi connectivity index (χ1) is 14.1. The van der Waals surface area contributed by atoms with Crippen LogP contribution >= 0.6 is 0 Å². The van der Waals surface area contributed by atoms with Crippen molar-refractivity contribution in [2.45, 2.75) is 122 Å². The fourth-order valence-corrected chi connectivity index (χ4v) is 5.41. The molecule has 0 aliphatic carbocycles. The molecule has 2 atom stereocenters. The third-order valence-electron chi connectivity index (χ3n) is 5.94. The van der Waals surface area contributed by atoms with Crippen LogP contribution in [0.15, 0.2) is 0 Å². The fraction of sp³-hybridized carbons (Fsp3) is 0.909. The van der Waals surface area contributed by atoms with Crippen molar-refractivity contribution in [1.82, 2.24) is 0 Å². The standard InChI is InChI=1S/C22H43NO6S/c1-3-5-7-9-11-12-14-16-18-22(21(25)26,17-15-13-10-8-6-4-2)19(20(23)24)30(27,28)29/h19H,3-18H2,1-2H3,(H2,23,24)(H,25,26)(H,27,28,29). The van der Waals surface area contributed by atoms with Crippen LogP contribution in [0.25, 0.3) is 0 Å². The van der Waals surface area contributed by atoms with Crippen LogP contribution in [0.5, 0.6) is 0 Å². The molecule has 1 amide bonds. The summed E-state index contributed by atoms with van der Waals surface area (Å²) in [5.74, 6) is -2.68. The normalized spacial score (nSPS) is 14.9. The molecule has 0 saturated carbocycles. The summed E-state index contributed by atoms with van der Waals surface area (Å²) >= 11 is 0. The number of unbranched alkanes of at least 4 members (excludes halogenated alkanes) is 12. The zero-order valence-electron chi connectivity index (χ0n) is 18.9. The van der Waals surface area contributed by atoms with Gasteiger partial charge in [0.1, 0.15) is 0 Å². The number of primary amides is 1. The van der Waals surface area contributed by atoms with E-state index in [1.54, 1.807) is 0 Å². The lowest BCUT2D eigenvalue weighted by Gasteiger charge is -2.34. The Hall–Kier alpha value is -1.15. The minimum Gasteiger partial charge on any atom is -0.481 e. The number of amides is 1. The van der Waals surface area contributed by atoms with Crippen molar-refractivity contribution in [2.24, 2.45) is 11.1 Å². The van der Waals surface area contributed by atoms with E-state index in [4.69, 9.17) is 5.73 Å². The molecule has 8 heteroatoms. The lowest BCUT2D eigenvalue weighted by molar-refractivity contribution is -0.152. The molecule has 0 aromatic carbocycles.